The van der Waals surface area contributed by atoms with Crippen molar-refractivity contribution in [2.24, 2.45) is 11.8 Å². The number of rotatable bonds is 18. The molecule has 4 atom stereocenters. The van der Waals surface area contributed by atoms with Crippen LogP contribution in [0.25, 0.3) is 0 Å². The van der Waals surface area contributed by atoms with Crippen molar-refractivity contribution in [3.8, 4) is 0 Å². The zero-order chi connectivity index (χ0) is 23.2. The highest BCUT2D eigenvalue weighted by molar-refractivity contribution is 5.76. The van der Waals surface area contributed by atoms with Gasteiger partial charge in [0.2, 0.25) is 5.91 Å². The summed E-state index contributed by atoms with van der Waals surface area (Å²) in [6.07, 6.45) is 22.0. The second-order valence-corrected chi connectivity index (χ2v) is 11.0. The Kier molecular flexibility index (Phi) is 13.9. The van der Waals surface area contributed by atoms with E-state index in [1.54, 1.807) is 0 Å². The number of hydrogen-bond acceptors (Lipinski definition) is 2. The SMILES string of the molecule is CCCCCCC(CCC)CN1[C@@H]2CC[C@H]1CN(C(=O)CCCC(CC)CCCCC)C2. The van der Waals surface area contributed by atoms with Crippen LogP contribution in [0.5, 0.6) is 0 Å². The van der Waals surface area contributed by atoms with Crippen LogP contribution in [-0.2, 0) is 4.79 Å². The average Bonchev–Trinajstić information content (AvgIpc) is 3.02. The fourth-order valence-corrected chi connectivity index (χ4v) is 6.32. The molecule has 2 saturated heterocycles. The van der Waals surface area contributed by atoms with Gasteiger partial charge in [-0.15, -0.1) is 0 Å². The average molecular weight is 449 g/mol. The molecule has 0 saturated carbocycles. The predicted octanol–water partition coefficient (Wildman–Crippen LogP) is 7.83. The van der Waals surface area contributed by atoms with Crippen molar-refractivity contribution in [2.75, 3.05) is 19.6 Å². The van der Waals surface area contributed by atoms with Gasteiger partial charge < -0.3 is 4.90 Å². The smallest absolute Gasteiger partial charge is 0.222 e. The second-order valence-electron chi connectivity index (χ2n) is 11.0. The summed E-state index contributed by atoms with van der Waals surface area (Å²) < 4.78 is 0. The molecule has 2 fully saturated rings. The van der Waals surface area contributed by atoms with Crippen molar-refractivity contribution in [3.63, 3.8) is 0 Å². The van der Waals surface area contributed by atoms with E-state index in [2.05, 4.69) is 37.5 Å². The van der Waals surface area contributed by atoms with Crippen molar-refractivity contribution in [1.29, 1.82) is 0 Å². The van der Waals surface area contributed by atoms with Crippen molar-refractivity contribution < 1.29 is 4.79 Å². The summed E-state index contributed by atoms with van der Waals surface area (Å²) in [7, 11) is 0. The number of amides is 1. The quantitative estimate of drug-likeness (QED) is 0.199. The van der Waals surface area contributed by atoms with Gasteiger partial charge in [0.05, 0.1) is 0 Å². The Balaban J connectivity index is 1.74. The van der Waals surface area contributed by atoms with Gasteiger partial charge in [-0.1, -0.05) is 91.9 Å². The van der Waals surface area contributed by atoms with Gasteiger partial charge in [-0.25, -0.2) is 0 Å². The van der Waals surface area contributed by atoms with Crippen molar-refractivity contribution in [3.05, 3.63) is 0 Å². The summed E-state index contributed by atoms with van der Waals surface area (Å²) >= 11 is 0. The third-order valence-electron chi connectivity index (χ3n) is 8.41. The normalized spacial score (nSPS) is 22.9. The van der Waals surface area contributed by atoms with Gasteiger partial charge in [-0.3, -0.25) is 9.69 Å². The molecule has 32 heavy (non-hydrogen) atoms. The molecule has 0 aromatic heterocycles. The number of carbonyl (C=O) groups is 1. The number of fused-ring (bicyclic) bond motifs is 2. The summed E-state index contributed by atoms with van der Waals surface area (Å²) in [5.74, 6) is 2.13. The van der Waals surface area contributed by atoms with Crippen LogP contribution in [0.2, 0.25) is 0 Å². The van der Waals surface area contributed by atoms with Crippen LogP contribution in [0.4, 0.5) is 0 Å². The highest BCUT2D eigenvalue weighted by Gasteiger charge is 2.41. The van der Waals surface area contributed by atoms with Gasteiger partial charge in [-0.05, 0) is 50.4 Å². The Bertz CT molecular complexity index is 480. The number of hydrogen-bond donors (Lipinski definition) is 0. The first kappa shape index (κ1) is 27.7. The van der Waals surface area contributed by atoms with Crippen LogP contribution >= 0.6 is 0 Å². The van der Waals surface area contributed by atoms with Crippen molar-refractivity contribution in [1.82, 2.24) is 9.80 Å². The Morgan fingerprint density at radius 3 is 1.94 bits per heavy atom. The molecule has 3 nitrogen and oxygen atoms in total. The molecule has 1 amide bonds. The highest BCUT2D eigenvalue weighted by Crippen LogP contribution is 2.33. The molecule has 2 rings (SSSR count). The Morgan fingerprint density at radius 2 is 1.31 bits per heavy atom. The molecule has 0 aromatic rings. The first-order valence-electron chi connectivity index (χ1n) is 14.7. The molecule has 0 N–H and O–H groups in total. The lowest BCUT2D eigenvalue weighted by Gasteiger charge is -2.42. The largest absolute Gasteiger partial charge is 0.340 e. The Labute approximate surface area is 201 Å². The van der Waals surface area contributed by atoms with Crippen LogP contribution in [-0.4, -0.2) is 47.4 Å². The van der Waals surface area contributed by atoms with E-state index in [-0.39, 0.29) is 0 Å². The van der Waals surface area contributed by atoms with E-state index in [4.69, 9.17) is 0 Å². The van der Waals surface area contributed by atoms with Gasteiger partial charge in [0.15, 0.2) is 0 Å². The zero-order valence-corrected chi connectivity index (χ0v) is 22.3. The molecule has 188 valence electrons. The van der Waals surface area contributed by atoms with Gasteiger partial charge in [0.1, 0.15) is 0 Å². The monoisotopic (exact) mass is 448 g/mol. The third-order valence-corrected chi connectivity index (χ3v) is 8.41. The topological polar surface area (TPSA) is 23.6 Å². The number of carbonyl (C=O) groups excluding carboxylic acids is 1. The van der Waals surface area contributed by atoms with Crippen LogP contribution in [0, 0.1) is 11.8 Å². The van der Waals surface area contributed by atoms with E-state index in [0.29, 0.717) is 18.0 Å². The standard InChI is InChI=1S/C29H56N2O/c1-5-9-11-13-17-26(15-7-3)22-31-27-20-21-28(31)24-30(23-27)29(32)19-14-18-25(8-4)16-12-10-6-2/h25-28H,5-24H2,1-4H3/t25?,26?,27-,28+. The zero-order valence-electron chi connectivity index (χ0n) is 22.3. The lowest BCUT2D eigenvalue weighted by atomic mass is 9.93. The van der Waals surface area contributed by atoms with Gasteiger partial charge in [0, 0.05) is 38.1 Å². The summed E-state index contributed by atoms with van der Waals surface area (Å²) in [5.41, 5.74) is 0. The minimum atomic E-state index is 0.439. The molecular weight excluding hydrogens is 392 g/mol. The minimum absolute atomic E-state index is 0.439. The predicted molar refractivity (Wildman–Crippen MR) is 139 cm³/mol. The minimum Gasteiger partial charge on any atom is -0.340 e. The van der Waals surface area contributed by atoms with Gasteiger partial charge in [0.25, 0.3) is 0 Å². The maximum absolute atomic E-state index is 13.0. The lowest BCUT2D eigenvalue weighted by Crippen LogP contribution is -2.56. The summed E-state index contributed by atoms with van der Waals surface area (Å²) in [4.78, 5) is 18.1. The summed E-state index contributed by atoms with van der Waals surface area (Å²) in [6.45, 7) is 12.5. The van der Waals surface area contributed by atoms with Gasteiger partial charge >= 0.3 is 0 Å². The van der Waals surface area contributed by atoms with E-state index in [9.17, 15) is 4.79 Å². The van der Waals surface area contributed by atoms with E-state index in [0.717, 1.165) is 37.8 Å². The fraction of sp³-hybridized carbons (Fsp3) is 0.966. The van der Waals surface area contributed by atoms with Crippen LogP contribution in [0.3, 0.4) is 0 Å². The summed E-state index contributed by atoms with van der Waals surface area (Å²) in [5, 5.41) is 0. The van der Waals surface area contributed by atoms with Crippen LogP contribution in [0.1, 0.15) is 137 Å². The van der Waals surface area contributed by atoms with E-state index in [1.807, 2.05) is 0 Å². The molecule has 2 aliphatic rings. The molecule has 0 spiro atoms. The molecule has 0 aliphatic carbocycles. The number of piperazine rings is 1. The molecule has 0 aromatic carbocycles. The maximum Gasteiger partial charge on any atom is 0.222 e. The molecular formula is C29H56N2O. The summed E-state index contributed by atoms with van der Waals surface area (Å²) in [6, 6.07) is 1.26. The van der Waals surface area contributed by atoms with E-state index in [1.165, 1.54) is 103 Å². The van der Waals surface area contributed by atoms with Crippen LogP contribution in [0.15, 0.2) is 0 Å². The first-order chi connectivity index (χ1) is 15.6. The lowest BCUT2D eigenvalue weighted by molar-refractivity contribution is -0.135. The van der Waals surface area contributed by atoms with E-state index < -0.39 is 0 Å². The van der Waals surface area contributed by atoms with Gasteiger partial charge in [-0.2, -0.15) is 0 Å². The highest BCUT2D eigenvalue weighted by atomic mass is 16.2. The molecule has 2 unspecified atom stereocenters. The molecule has 2 heterocycles. The molecule has 0 radical (unpaired) electrons. The molecule has 2 bridgehead atoms. The second kappa shape index (κ2) is 16.1. The van der Waals surface area contributed by atoms with Crippen molar-refractivity contribution >= 4 is 5.91 Å². The third kappa shape index (κ3) is 9.35. The fourth-order valence-electron chi connectivity index (χ4n) is 6.32. The number of likely N-dealkylation sites (tertiary alicyclic amines) is 1. The van der Waals surface area contributed by atoms with E-state index >= 15 is 0 Å². The molecule has 2 aliphatic heterocycles. The maximum atomic E-state index is 13.0. The number of unbranched alkanes of at least 4 members (excludes halogenated alkanes) is 5. The first-order valence-corrected chi connectivity index (χ1v) is 14.7. The Hall–Kier alpha value is -0.570. The van der Waals surface area contributed by atoms with Crippen molar-refractivity contribution in [2.45, 2.75) is 149 Å². The number of nitrogens with zero attached hydrogens (tertiary/aromatic N) is 2. The van der Waals surface area contributed by atoms with Crippen LogP contribution < -0.4 is 0 Å². The molecule has 3 heteroatoms. The Morgan fingerprint density at radius 1 is 0.719 bits per heavy atom.